The van der Waals surface area contributed by atoms with Crippen LogP contribution in [0.3, 0.4) is 0 Å². The van der Waals surface area contributed by atoms with Crippen molar-refractivity contribution in [2.75, 3.05) is 0 Å². The zero-order valence-electron chi connectivity index (χ0n) is 26.7. The summed E-state index contributed by atoms with van der Waals surface area (Å²) in [5.74, 6) is 0. The van der Waals surface area contributed by atoms with Gasteiger partial charge in [0.2, 0.25) is 0 Å². The topological polar surface area (TPSA) is 35.6 Å². The fourth-order valence-electron chi connectivity index (χ4n) is 6.97. The molecule has 0 N–H and O–H groups in total. The van der Waals surface area contributed by atoms with E-state index in [1.165, 1.54) is 0 Å². The van der Waals surface area contributed by atoms with Crippen LogP contribution >= 0.6 is 45.7 Å². The standard InChI is InChI=1S/C44H28I2N4/c45-49-37-25-26-38(49)43(31-17-9-3-10-18-31)35-23-24-36(48-35)44(32-19-11-4-12-20-32)40-28-27-39(50(40)46)42(30-15-7-2-8-16-30)34-22-21-33(47-34)41(37)29-13-5-1-6-14-29/h1-28H. The Morgan fingerprint density at radius 1 is 0.300 bits per heavy atom. The van der Waals surface area contributed by atoms with Crippen LogP contribution in [0.25, 0.3) is 90.9 Å². The minimum absolute atomic E-state index is 0.924. The second-order valence-electron chi connectivity index (χ2n) is 12.2. The quantitative estimate of drug-likeness (QED) is 0.165. The predicted molar refractivity (Wildman–Crippen MR) is 227 cm³/mol. The maximum atomic E-state index is 5.44. The highest BCUT2D eigenvalue weighted by Gasteiger charge is 2.21. The Morgan fingerprint density at radius 3 is 0.740 bits per heavy atom. The van der Waals surface area contributed by atoms with Crippen molar-refractivity contribution in [3.05, 3.63) is 168 Å². The van der Waals surface area contributed by atoms with E-state index in [2.05, 4.69) is 221 Å². The first-order chi connectivity index (χ1) is 24.7. The van der Waals surface area contributed by atoms with Gasteiger partial charge in [-0.25, -0.2) is 9.97 Å². The van der Waals surface area contributed by atoms with Crippen molar-refractivity contribution in [1.82, 2.24) is 15.5 Å². The van der Waals surface area contributed by atoms with Gasteiger partial charge in [0.25, 0.3) is 0 Å². The molecule has 0 saturated heterocycles. The highest BCUT2D eigenvalue weighted by atomic mass is 127. The van der Waals surface area contributed by atoms with E-state index in [-0.39, 0.29) is 0 Å². The zero-order valence-corrected chi connectivity index (χ0v) is 31.0. The lowest BCUT2D eigenvalue weighted by molar-refractivity contribution is 1.30. The lowest BCUT2D eigenvalue weighted by Crippen LogP contribution is -1.93. The maximum absolute atomic E-state index is 5.44. The summed E-state index contributed by atoms with van der Waals surface area (Å²) >= 11 is 4.91. The summed E-state index contributed by atoms with van der Waals surface area (Å²) in [6, 6.07) is 51.2. The lowest BCUT2D eigenvalue weighted by atomic mass is 10.0. The molecular weight excluding hydrogens is 838 g/mol. The van der Waals surface area contributed by atoms with Crippen LogP contribution < -0.4 is 0 Å². The van der Waals surface area contributed by atoms with Crippen LogP contribution in [-0.4, -0.2) is 15.5 Å². The Hall–Kier alpha value is -5.06. The average Bonchev–Trinajstić information content (AvgIpc) is 3.98. The highest BCUT2D eigenvalue weighted by molar-refractivity contribution is 14.1. The number of hydrogen-bond acceptors (Lipinski definition) is 2. The molecular formula is C44H28I2N4. The summed E-state index contributed by atoms with van der Waals surface area (Å²) in [4.78, 5) is 10.9. The van der Waals surface area contributed by atoms with Crippen molar-refractivity contribution in [3.63, 3.8) is 0 Å². The van der Waals surface area contributed by atoms with Gasteiger partial charge in [0.1, 0.15) is 0 Å². The smallest absolute Gasteiger partial charge is 0.0737 e. The largest absolute Gasteiger partial charge is 0.282 e. The van der Waals surface area contributed by atoms with Crippen LogP contribution in [0.4, 0.5) is 0 Å². The molecule has 0 fully saturated rings. The predicted octanol–water partition coefficient (Wildman–Crippen LogP) is 12.7. The van der Waals surface area contributed by atoms with Crippen molar-refractivity contribution in [3.8, 4) is 44.5 Å². The van der Waals surface area contributed by atoms with Crippen LogP contribution in [0.15, 0.2) is 146 Å². The van der Waals surface area contributed by atoms with Crippen LogP contribution in [0.2, 0.25) is 0 Å². The number of nitrogens with zero attached hydrogens (tertiary/aromatic N) is 4. The molecule has 4 aromatic carbocycles. The number of fused-ring (bicyclic) bond motifs is 8. The highest BCUT2D eigenvalue weighted by Crippen LogP contribution is 2.41. The molecule has 0 aliphatic carbocycles. The lowest BCUT2D eigenvalue weighted by Gasteiger charge is -2.10. The van der Waals surface area contributed by atoms with Gasteiger partial charge < -0.3 is 0 Å². The van der Waals surface area contributed by atoms with E-state index in [1.54, 1.807) is 0 Å². The molecule has 9 rings (SSSR count). The van der Waals surface area contributed by atoms with E-state index < -0.39 is 0 Å². The third-order valence-electron chi connectivity index (χ3n) is 9.22. The van der Waals surface area contributed by atoms with Crippen LogP contribution in [0, 0.1) is 0 Å². The van der Waals surface area contributed by atoms with Crippen LogP contribution in [0.5, 0.6) is 0 Å². The normalized spacial score (nSPS) is 12.0. The molecule has 5 heterocycles. The summed E-state index contributed by atoms with van der Waals surface area (Å²) in [5.41, 5.74) is 16.7. The number of hydrogen-bond donors (Lipinski definition) is 0. The summed E-state index contributed by atoms with van der Waals surface area (Å²) < 4.78 is 4.53. The molecule has 238 valence electrons. The Labute approximate surface area is 318 Å². The average molecular weight is 867 g/mol. The molecule has 7 aromatic rings. The summed E-state index contributed by atoms with van der Waals surface area (Å²) in [5, 5.41) is 0. The van der Waals surface area contributed by atoms with Gasteiger partial charge in [-0.1, -0.05) is 121 Å². The van der Waals surface area contributed by atoms with Crippen molar-refractivity contribution >= 4 is 92.1 Å². The van der Waals surface area contributed by atoms with E-state index in [0.29, 0.717) is 0 Å². The van der Waals surface area contributed by atoms with E-state index in [4.69, 9.17) is 9.97 Å². The number of aromatic nitrogens is 4. The van der Waals surface area contributed by atoms with E-state index in [0.717, 1.165) is 89.4 Å². The molecule has 4 nitrogen and oxygen atoms in total. The van der Waals surface area contributed by atoms with Crippen molar-refractivity contribution in [2.24, 2.45) is 0 Å². The Morgan fingerprint density at radius 2 is 0.520 bits per heavy atom. The Kier molecular flexibility index (Phi) is 8.05. The number of rotatable bonds is 4. The molecule has 0 spiro atoms. The molecule has 2 aliphatic heterocycles. The first-order valence-electron chi connectivity index (χ1n) is 16.4. The molecule has 3 aromatic heterocycles. The molecule has 8 bridgehead atoms. The number of benzene rings is 4. The summed E-state index contributed by atoms with van der Waals surface area (Å²) in [6.45, 7) is 0. The van der Waals surface area contributed by atoms with E-state index in [9.17, 15) is 0 Å². The number of halogens is 2. The van der Waals surface area contributed by atoms with Gasteiger partial charge in [-0.15, -0.1) is 0 Å². The fraction of sp³-hybridized carbons (Fsp3) is 0. The maximum Gasteiger partial charge on any atom is 0.0737 e. The Balaban J connectivity index is 1.53. The molecule has 6 heteroatoms. The SMILES string of the molecule is In1c2ccc1c(-c1ccccc1)c1nc(c(-c3ccccc3)c3ccc(c(-c4ccccc4)c4nc(c2-c2ccccc2)C=C4)n3I)C=C1. The molecule has 0 amide bonds. The molecule has 50 heavy (non-hydrogen) atoms. The first-order valence-corrected chi connectivity index (χ1v) is 18.3. The second-order valence-corrected chi connectivity index (χ2v) is 14.1. The molecule has 0 atom stereocenters. The third kappa shape index (κ3) is 5.34. The minimum atomic E-state index is 0.924. The molecule has 0 unspecified atom stereocenters. The molecule has 0 radical (unpaired) electrons. The molecule has 2 aliphatic rings. The summed E-state index contributed by atoms with van der Waals surface area (Å²) in [7, 11) is 0. The van der Waals surface area contributed by atoms with Gasteiger partial charge in [-0.05, 0) is 70.8 Å². The fourth-order valence-corrected chi connectivity index (χ4v) is 8.58. The minimum Gasteiger partial charge on any atom is -0.282 e. The summed E-state index contributed by atoms with van der Waals surface area (Å²) in [6.07, 6.45) is 8.66. The van der Waals surface area contributed by atoms with Gasteiger partial charge in [-0.2, -0.15) is 0 Å². The van der Waals surface area contributed by atoms with Gasteiger partial charge in [-0.3, -0.25) is 5.56 Å². The monoisotopic (exact) mass is 866 g/mol. The van der Waals surface area contributed by atoms with Gasteiger partial charge in [0.05, 0.1) is 90.6 Å². The van der Waals surface area contributed by atoms with Crippen LogP contribution in [-0.2, 0) is 0 Å². The van der Waals surface area contributed by atoms with Crippen LogP contribution in [0.1, 0.15) is 22.8 Å². The second kappa shape index (κ2) is 13.0. The molecule has 0 saturated carbocycles. The van der Waals surface area contributed by atoms with E-state index >= 15 is 0 Å². The van der Waals surface area contributed by atoms with E-state index in [1.807, 2.05) is 0 Å². The van der Waals surface area contributed by atoms with Gasteiger partial charge in [0.15, 0.2) is 0 Å². The van der Waals surface area contributed by atoms with Gasteiger partial charge >= 0.3 is 0 Å². The van der Waals surface area contributed by atoms with Gasteiger partial charge in [0, 0.05) is 22.3 Å². The van der Waals surface area contributed by atoms with Crippen molar-refractivity contribution < 1.29 is 0 Å². The zero-order chi connectivity index (χ0) is 33.6. The Bertz CT molecular complexity index is 2280. The van der Waals surface area contributed by atoms with Crippen molar-refractivity contribution in [1.29, 1.82) is 0 Å². The van der Waals surface area contributed by atoms with Crippen molar-refractivity contribution in [2.45, 2.75) is 0 Å². The third-order valence-corrected chi connectivity index (χ3v) is 11.3. The first kappa shape index (κ1) is 31.0.